The minimum absolute atomic E-state index is 0.0854. The van der Waals surface area contributed by atoms with Crippen LogP contribution in [0.5, 0.6) is 0 Å². The van der Waals surface area contributed by atoms with Crippen LogP contribution in [0.4, 0.5) is 19.1 Å². The number of nitrogens with zero attached hydrogens (tertiary/aromatic N) is 4. The molecule has 1 atom stereocenters. The third-order valence-corrected chi connectivity index (χ3v) is 6.38. The van der Waals surface area contributed by atoms with Crippen LogP contribution in [0, 0.1) is 0 Å². The first kappa shape index (κ1) is 21.0. The van der Waals surface area contributed by atoms with E-state index in [0.717, 1.165) is 23.0 Å². The molecule has 2 N–H and O–H groups in total. The zero-order valence-corrected chi connectivity index (χ0v) is 17.9. The molecule has 1 aliphatic rings. The van der Waals surface area contributed by atoms with E-state index in [9.17, 15) is 13.2 Å². The van der Waals surface area contributed by atoms with Crippen molar-refractivity contribution in [3.05, 3.63) is 46.9 Å². The van der Waals surface area contributed by atoms with Gasteiger partial charge in [0.05, 0.1) is 6.54 Å². The number of thioether (sulfide) groups is 1. The number of fused-ring (bicyclic) bond motifs is 3. The maximum atomic E-state index is 13.5. The second kappa shape index (κ2) is 7.77. The van der Waals surface area contributed by atoms with Gasteiger partial charge in [-0.05, 0) is 43.4 Å². The van der Waals surface area contributed by atoms with Gasteiger partial charge < -0.3 is 15.2 Å². The van der Waals surface area contributed by atoms with Crippen molar-refractivity contribution in [3.8, 4) is 0 Å². The molecule has 1 unspecified atom stereocenters. The largest absolute Gasteiger partial charge is 0.433 e. The third kappa shape index (κ3) is 3.65. The summed E-state index contributed by atoms with van der Waals surface area (Å²) in [5, 5.41) is 1.16. The minimum Gasteiger partial charge on any atom is -0.341 e. The summed E-state index contributed by atoms with van der Waals surface area (Å²) in [6, 6.07) is 5.75. The highest BCUT2D eigenvalue weighted by Gasteiger charge is 2.37. The van der Waals surface area contributed by atoms with Crippen molar-refractivity contribution in [3.63, 3.8) is 0 Å². The number of rotatable bonds is 4. The number of halogens is 3. The SMILES string of the molecule is CCc1cc2cc3n(c2cc1SC)CCN(c1ncc(C(C)N)c(C(F)(F)F)n1)C3. The molecule has 1 aromatic carbocycles. The summed E-state index contributed by atoms with van der Waals surface area (Å²) in [5.41, 5.74) is 8.17. The molecule has 0 bridgehead atoms. The van der Waals surface area contributed by atoms with Crippen molar-refractivity contribution < 1.29 is 13.2 Å². The van der Waals surface area contributed by atoms with Gasteiger partial charge in [-0.15, -0.1) is 11.8 Å². The van der Waals surface area contributed by atoms with Crippen LogP contribution in [-0.4, -0.2) is 27.3 Å². The van der Waals surface area contributed by atoms with Crippen molar-refractivity contribution in [1.29, 1.82) is 0 Å². The van der Waals surface area contributed by atoms with E-state index in [-0.39, 0.29) is 11.5 Å². The van der Waals surface area contributed by atoms with Gasteiger partial charge >= 0.3 is 6.18 Å². The van der Waals surface area contributed by atoms with Gasteiger partial charge in [-0.3, -0.25) is 0 Å². The smallest absolute Gasteiger partial charge is 0.341 e. The molecule has 160 valence electrons. The van der Waals surface area contributed by atoms with Gasteiger partial charge in [0, 0.05) is 52.4 Å². The van der Waals surface area contributed by atoms with E-state index in [1.165, 1.54) is 23.6 Å². The van der Waals surface area contributed by atoms with Crippen LogP contribution in [0.25, 0.3) is 10.9 Å². The van der Waals surface area contributed by atoms with Crippen molar-refractivity contribution in [1.82, 2.24) is 14.5 Å². The van der Waals surface area contributed by atoms with Crippen LogP contribution in [0.1, 0.15) is 42.4 Å². The average molecular weight is 436 g/mol. The standard InChI is InChI=1S/C21H24F3N5S/c1-4-13-7-14-8-15-11-28(5-6-29(15)17(14)9-18(13)30-3)20-26-10-16(12(2)25)19(27-20)21(22,23)24/h7-10,12H,4-6,11,25H2,1-3H3. The minimum atomic E-state index is -4.57. The van der Waals surface area contributed by atoms with E-state index in [1.54, 1.807) is 16.7 Å². The van der Waals surface area contributed by atoms with E-state index in [1.807, 2.05) is 0 Å². The molecule has 0 radical (unpaired) electrons. The number of benzene rings is 1. The molecule has 5 nitrogen and oxygen atoms in total. The predicted octanol–water partition coefficient (Wildman–Crippen LogP) is 4.77. The Morgan fingerprint density at radius 2 is 2.00 bits per heavy atom. The van der Waals surface area contributed by atoms with Crippen molar-refractivity contribution in [2.45, 2.75) is 50.5 Å². The Bertz CT molecular complexity index is 1090. The van der Waals surface area contributed by atoms with E-state index in [0.29, 0.717) is 19.6 Å². The molecule has 0 fully saturated rings. The highest BCUT2D eigenvalue weighted by molar-refractivity contribution is 7.98. The highest BCUT2D eigenvalue weighted by atomic mass is 32.2. The molecular weight excluding hydrogens is 411 g/mol. The van der Waals surface area contributed by atoms with Crippen LogP contribution in [0.15, 0.2) is 29.3 Å². The summed E-state index contributed by atoms with van der Waals surface area (Å²) in [6.45, 7) is 5.30. The van der Waals surface area contributed by atoms with E-state index >= 15 is 0 Å². The lowest BCUT2D eigenvalue weighted by Crippen LogP contribution is -2.35. The van der Waals surface area contributed by atoms with Crippen LogP contribution in [0.2, 0.25) is 0 Å². The quantitative estimate of drug-likeness (QED) is 0.598. The second-order valence-electron chi connectivity index (χ2n) is 7.55. The van der Waals surface area contributed by atoms with Gasteiger partial charge in [-0.25, -0.2) is 9.97 Å². The summed E-state index contributed by atoms with van der Waals surface area (Å²) in [6.07, 6.45) is -0.337. The summed E-state index contributed by atoms with van der Waals surface area (Å²) < 4.78 is 42.8. The number of hydrogen-bond donors (Lipinski definition) is 1. The fourth-order valence-corrected chi connectivity index (χ4v) is 4.71. The van der Waals surface area contributed by atoms with Gasteiger partial charge in [0.1, 0.15) is 0 Å². The first-order valence-corrected chi connectivity index (χ1v) is 11.1. The molecule has 30 heavy (non-hydrogen) atoms. The molecular formula is C21H24F3N5S. The molecule has 0 spiro atoms. The van der Waals surface area contributed by atoms with Gasteiger partial charge in [0.25, 0.3) is 0 Å². The normalized spacial score (nSPS) is 15.5. The van der Waals surface area contributed by atoms with Gasteiger partial charge in [-0.2, -0.15) is 13.2 Å². The Hall–Kier alpha value is -2.26. The Balaban J connectivity index is 1.71. The summed E-state index contributed by atoms with van der Waals surface area (Å²) in [4.78, 5) is 11.1. The van der Waals surface area contributed by atoms with Crippen molar-refractivity contribution in [2.24, 2.45) is 5.73 Å². The molecule has 9 heteroatoms. The molecule has 3 heterocycles. The second-order valence-corrected chi connectivity index (χ2v) is 8.39. The molecule has 0 saturated heterocycles. The fourth-order valence-electron chi connectivity index (χ4n) is 4.02. The highest BCUT2D eigenvalue weighted by Crippen LogP contribution is 2.35. The zero-order chi connectivity index (χ0) is 21.6. The molecule has 0 saturated carbocycles. The van der Waals surface area contributed by atoms with Gasteiger partial charge in [-0.1, -0.05) is 6.92 Å². The van der Waals surface area contributed by atoms with Crippen molar-refractivity contribution in [2.75, 3.05) is 17.7 Å². The summed E-state index contributed by atoms with van der Waals surface area (Å²) >= 11 is 1.73. The molecule has 4 rings (SSSR count). The Labute approximate surface area is 177 Å². The molecule has 0 aliphatic carbocycles. The number of nitrogens with two attached hydrogens (primary N) is 1. The van der Waals surface area contributed by atoms with Crippen LogP contribution in [0.3, 0.4) is 0 Å². The lowest BCUT2D eigenvalue weighted by atomic mass is 10.1. The Morgan fingerprint density at radius 1 is 1.23 bits per heavy atom. The maximum Gasteiger partial charge on any atom is 0.433 e. The first-order chi connectivity index (χ1) is 14.2. The first-order valence-electron chi connectivity index (χ1n) is 9.86. The fraction of sp³-hybridized carbons (Fsp3) is 0.429. The Morgan fingerprint density at radius 3 is 2.63 bits per heavy atom. The molecule has 0 amide bonds. The number of anilines is 1. The van der Waals surface area contributed by atoms with Gasteiger partial charge in [0.15, 0.2) is 5.69 Å². The monoisotopic (exact) mass is 435 g/mol. The molecule has 2 aromatic heterocycles. The summed E-state index contributed by atoms with van der Waals surface area (Å²) in [5.74, 6) is 0.0854. The van der Waals surface area contributed by atoms with Crippen LogP contribution < -0.4 is 10.6 Å². The average Bonchev–Trinajstić information content (AvgIpc) is 3.07. The number of aromatic nitrogens is 3. The van der Waals surface area contributed by atoms with Gasteiger partial charge in [0.2, 0.25) is 5.95 Å². The predicted molar refractivity (Wildman–Crippen MR) is 114 cm³/mol. The number of alkyl halides is 3. The van der Waals surface area contributed by atoms with Crippen molar-refractivity contribution >= 4 is 28.6 Å². The number of hydrogen-bond acceptors (Lipinski definition) is 5. The third-order valence-electron chi connectivity index (χ3n) is 5.56. The lowest BCUT2D eigenvalue weighted by molar-refractivity contribution is -0.142. The number of aryl methyl sites for hydroxylation is 1. The molecule has 3 aromatic rings. The van der Waals surface area contributed by atoms with Crippen LogP contribution >= 0.6 is 11.8 Å². The topological polar surface area (TPSA) is 60.0 Å². The molecule has 1 aliphatic heterocycles. The lowest BCUT2D eigenvalue weighted by Gasteiger charge is -2.29. The Kier molecular flexibility index (Phi) is 5.44. The van der Waals surface area contributed by atoms with Crippen LogP contribution in [-0.2, 0) is 25.7 Å². The van der Waals surface area contributed by atoms with E-state index < -0.39 is 17.9 Å². The summed E-state index contributed by atoms with van der Waals surface area (Å²) in [7, 11) is 0. The van der Waals surface area contributed by atoms with E-state index in [4.69, 9.17) is 5.73 Å². The van der Waals surface area contributed by atoms with E-state index in [2.05, 4.69) is 45.9 Å². The maximum absolute atomic E-state index is 13.5. The zero-order valence-electron chi connectivity index (χ0n) is 17.1.